The van der Waals surface area contributed by atoms with Crippen LogP contribution in [-0.2, 0) is 0 Å². The lowest BCUT2D eigenvalue weighted by atomic mass is 10.1. The van der Waals surface area contributed by atoms with Gasteiger partial charge in [-0.25, -0.2) is 0 Å². The fourth-order valence-electron chi connectivity index (χ4n) is 2.60. The van der Waals surface area contributed by atoms with Crippen molar-refractivity contribution in [1.29, 1.82) is 0 Å². The van der Waals surface area contributed by atoms with Gasteiger partial charge in [-0.3, -0.25) is 9.69 Å². The zero-order valence-corrected chi connectivity index (χ0v) is 12.2. The van der Waals surface area contributed by atoms with Gasteiger partial charge in [0.05, 0.1) is 5.56 Å². The summed E-state index contributed by atoms with van der Waals surface area (Å²) in [5, 5.41) is 2.92. The summed E-state index contributed by atoms with van der Waals surface area (Å²) >= 11 is 0. The van der Waals surface area contributed by atoms with Crippen molar-refractivity contribution in [2.24, 2.45) is 0 Å². The van der Waals surface area contributed by atoms with Crippen LogP contribution in [0.25, 0.3) is 0 Å². The topological polar surface area (TPSA) is 76.8 Å². The van der Waals surface area contributed by atoms with Crippen LogP contribution >= 0.6 is 0 Å². The number of nitrogen functional groups attached to an aromatic ring is 1. The number of nitrogens with one attached hydrogen (secondary N) is 1. The second-order valence-corrected chi connectivity index (χ2v) is 5.41. The summed E-state index contributed by atoms with van der Waals surface area (Å²) in [4.78, 5) is 14.6. The Morgan fingerprint density at radius 2 is 2.10 bits per heavy atom. The first-order valence-electron chi connectivity index (χ1n) is 7.40. The normalized spacial score (nSPS) is 16.3. The van der Waals surface area contributed by atoms with Gasteiger partial charge in [0.1, 0.15) is 0 Å². The van der Waals surface area contributed by atoms with Gasteiger partial charge < -0.3 is 20.5 Å². The van der Waals surface area contributed by atoms with E-state index in [-0.39, 0.29) is 12.7 Å². The van der Waals surface area contributed by atoms with Crippen LogP contribution in [0.5, 0.6) is 11.5 Å². The molecule has 0 bridgehead atoms. The minimum Gasteiger partial charge on any atom is -0.454 e. The van der Waals surface area contributed by atoms with E-state index in [4.69, 9.17) is 15.2 Å². The van der Waals surface area contributed by atoms with Crippen LogP contribution in [0.4, 0.5) is 5.69 Å². The first-order valence-corrected chi connectivity index (χ1v) is 7.40. The first kappa shape index (κ1) is 14.0. The molecule has 0 atom stereocenters. The Bertz CT molecular complexity index is 543. The highest BCUT2D eigenvalue weighted by atomic mass is 16.7. The Hall–Kier alpha value is -1.95. The predicted molar refractivity (Wildman–Crippen MR) is 79.6 cm³/mol. The van der Waals surface area contributed by atoms with Crippen molar-refractivity contribution in [3.63, 3.8) is 0 Å². The van der Waals surface area contributed by atoms with Crippen molar-refractivity contribution in [2.75, 3.05) is 32.2 Å². The summed E-state index contributed by atoms with van der Waals surface area (Å²) in [5.74, 6) is 0.995. The van der Waals surface area contributed by atoms with Crippen LogP contribution in [-0.4, -0.2) is 43.3 Å². The van der Waals surface area contributed by atoms with Crippen LogP contribution in [0.3, 0.4) is 0 Å². The maximum absolute atomic E-state index is 12.2. The summed E-state index contributed by atoms with van der Waals surface area (Å²) in [6.45, 7) is 4.84. The molecule has 1 heterocycles. The van der Waals surface area contributed by atoms with Crippen molar-refractivity contribution in [3.05, 3.63) is 17.7 Å². The average Bonchev–Trinajstić information content (AvgIpc) is 3.21. The monoisotopic (exact) mass is 291 g/mol. The number of rotatable bonds is 6. The second kappa shape index (κ2) is 5.81. The maximum Gasteiger partial charge on any atom is 0.253 e. The van der Waals surface area contributed by atoms with Crippen LogP contribution in [0.15, 0.2) is 12.1 Å². The molecule has 1 aliphatic heterocycles. The number of hydrogen-bond acceptors (Lipinski definition) is 5. The number of carbonyl (C=O) groups excluding carboxylic acids is 1. The zero-order valence-electron chi connectivity index (χ0n) is 12.2. The molecule has 114 valence electrons. The minimum absolute atomic E-state index is 0.169. The minimum atomic E-state index is -0.169. The second-order valence-electron chi connectivity index (χ2n) is 5.41. The van der Waals surface area contributed by atoms with Crippen molar-refractivity contribution >= 4 is 11.6 Å². The number of likely N-dealkylation sites (N-methyl/N-ethyl adjacent to an activating group) is 1. The van der Waals surface area contributed by atoms with Crippen molar-refractivity contribution in [1.82, 2.24) is 10.2 Å². The molecule has 0 unspecified atom stereocenters. The smallest absolute Gasteiger partial charge is 0.253 e. The molecule has 21 heavy (non-hydrogen) atoms. The zero-order chi connectivity index (χ0) is 14.8. The molecule has 6 heteroatoms. The lowest BCUT2D eigenvalue weighted by Crippen LogP contribution is -2.36. The van der Waals surface area contributed by atoms with Crippen LogP contribution in [0.1, 0.15) is 30.1 Å². The fourth-order valence-corrected chi connectivity index (χ4v) is 2.60. The molecule has 0 spiro atoms. The van der Waals surface area contributed by atoms with E-state index in [1.165, 1.54) is 12.8 Å². The van der Waals surface area contributed by atoms with Crippen LogP contribution < -0.4 is 20.5 Å². The summed E-state index contributed by atoms with van der Waals surface area (Å²) < 4.78 is 10.5. The number of carbonyl (C=O) groups is 1. The molecule has 6 nitrogen and oxygen atoms in total. The van der Waals surface area contributed by atoms with Gasteiger partial charge in [-0.2, -0.15) is 0 Å². The van der Waals surface area contributed by atoms with E-state index in [0.29, 0.717) is 35.3 Å². The summed E-state index contributed by atoms with van der Waals surface area (Å²) in [6, 6.07) is 3.99. The van der Waals surface area contributed by atoms with Crippen LogP contribution in [0, 0.1) is 0 Å². The first-order chi connectivity index (χ1) is 10.2. The highest BCUT2D eigenvalue weighted by molar-refractivity contribution is 6.00. The molecule has 0 aromatic heterocycles. The number of nitrogens with zero attached hydrogens (tertiary/aromatic N) is 1. The lowest BCUT2D eigenvalue weighted by Gasteiger charge is -2.19. The van der Waals surface area contributed by atoms with Gasteiger partial charge in [-0.1, -0.05) is 6.92 Å². The van der Waals surface area contributed by atoms with E-state index < -0.39 is 0 Å². The van der Waals surface area contributed by atoms with E-state index in [1.54, 1.807) is 12.1 Å². The summed E-state index contributed by atoms with van der Waals surface area (Å²) in [5.41, 5.74) is 6.75. The Morgan fingerprint density at radius 3 is 2.76 bits per heavy atom. The number of fused-ring (bicyclic) bond motifs is 1. The molecule has 3 N–H and O–H groups in total. The Balaban J connectivity index is 1.58. The molecule has 0 radical (unpaired) electrons. The highest BCUT2D eigenvalue weighted by Gasteiger charge is 2.27. The Labute approximate surface area is 124 Å². The van der Waals surface area contributed by atoms with Gasteiger partial charge in [-0.15, -0.1) is 0 Å². The molecule has 2 aliphatic rings. The molecule has 1 aromatic carbocycles. The highest BCUT2D eigenvalue weighted by Crippen LogP contribution is 2.35. The van der Waals surface area contributed by atoms with Gasteiger partial charge in [-0.05, 0) is 25.5 Å². The van der Waals surface area contributed by atoms with E-state index in [1.807, 2.05) is 0 Å². The van der Waals surface area contributed by atoms with Gasteiger partial charge in [0, 0.05) is 30.9 Å². The standard InChI is InChI=1S/C15H21N3O3/c1-2-18(10-3-4-10)6-5-17-15(19)11-7-13-14(8-12(11)16)21-9-20-13/h7-8,10H,2-6,9,16H2,1H3,(H,17,19). The SMILES string of the molecule is CCN(CCNC(=O)c1cc2c(cc1N)OCO2)C1CC1. The molecule has 1 aliphatic carbocycles. The molecule has 3 rings (SSSR count). The summed E-state index contributed by atoms with van der Waals surface area (Å²) in [6.07, 6.45) is 2.55. The predicted octanol–water partition coefficient (Wildman–Crippen LogP) is 1.21. The summed E-state index contributed by atoms with van der Waals surface area (Å²) in [7, 11) is 0. The van der Waals surface area contributed by atoms with E-state index in [9.17, 15) is 4.79 Å². The van der Waals surface area contributed by atoms with Gasteiger partial charge in [0.2, 0.25) is 6.79 Å². The van der Waals surface area contributed by atoms with Crippen molar-refractivity contribution in [3.8, 4) is 11.5 Å². The number of ether oxygens (including phenoxy) is 2. The van der Waals surface area contributed by atoms with E-state index in [0.717, 1.165) is 13.1 Å². The Morgan fingerprint density at radius 1 is 1.38 bits per heavy atom. The Kier molecular flexibility index (Phi) is 3.88. The van der Waals surface area contributed by atoms with E-state index >= 15 is 0 Å². The molecular weight excluding hydrogens is 270 g/mol. The largest absolute Gasteiger partial charge is 0.454 e. The molecule has 1 aromatic rings. The van der Waals surface area contributed by atoms with Crippen molar-refractivity contribution < 1.29 is 14.3 Å². The van der Waals surface area contributed by atoms with Crippen molar-refractivity contribution in [2.45, 2.75) is 25.8 Å². The molecule has 1 fully saturated rings. The van der Waals surface area contributed by atoms with Gasteiger partial charge in [0.15, 0.2) is 11.5 Å². The maximum atomic E-state index is 12.2. The number of benzene rings is 1. The number of anilines is 1. The third-order valence-electron chi connectivity index (χ3n) is 3.94. The molecular formula is C15H21N3O3. The lowest BCUT2D eigenvalue weighted by molar-refractivity contribution is 0.0948. The molecule has 0 saturated heterocycles. The molecule has 1 amide bonds. The third kappa shape index (κ3) is 3.05. The fraction of sp³-hybridized carbons (Fsp3) is 0.533. The average molecular weight is 291 g/mol. The van der Waals surface area contributed by atoms with Gasteiger partial charge in [0.25, 0.3) is 5.91 Å². The van der Waals surface area contributed by atoms with Gasteiger partial charge >= 0.3 is 0 Å². The quantitative estimate of drug-likeness (QED) is 0.770. The molecule has 1 saturated carbocycles. The number of nitrogens with two attached hydrogens (primary N) is 1. The van der Waals surface area contributed by atoms with Crippen LogP contribution in [0.2, 0.25) is 0 Å². The van der Waals surface area contributed by atoms with E-state index in [2.05, 4.69) is 17.1 Å². The number of hydrogen-bond donors (Lipinski definition) is 2. The third-order valence-corrected chi connectivity index (χ3v) is 3.94. The number of amides is 1.